The maximum absolute atomic E-state index is 11.1. The van der Waals surface area contributed by atoms with E-state index in [2.05, 4.69) is 26.2 Å². The number of rotatable bonds is 10. The van der Waals surface area contributed by atoms with Gasteiger partial charge in [0.05, 0.1) is 30.0 Å². The van der Waals surface area contributed by atoms with Gasteiger partial charge < -0.3 is 30.4 Å². The lowest BCUT2D eigenvalue weighted by molar-refractivity contribution is -0.141. The average molecular weight is 615 g/mol. The van der Waals surface area contributed by atoms with Gasteiger partial charge in [-0.25, -0.2) is 19.6 Å². The Labute approximate surface area is 256 Å². The van der Waals surface area contributed by atoms with Crippen LogP contribution >= 0.6 is 23.1 Å². The summed E-state index contributed by atoms with van der Waals surface area (Å²) in [5.41, 5.74) is 9.27. The van der Waals surface area contributed by atoms with Crippen LogP contribution in [0.3, 0.4) is 0 Å². The summed E-state index contributed by atoms with van der Waals surface area (Å²) in [6.07, 6.45) is -0.178. The molecule has 1 unspecified atom stereocenters. The molecule has 1 atom stereocenters. The van der Waals surface area contributed by atoms with E-state index in [0.29, 0.717) is 51.7 Å². The number of nitriles is 1. The summed E-state index contributed by atoms with van der Waals surface area (Å²) in [6.45, 7) is 12.2. The second-order valence-electron chi connectivity index (χ2n) is 9.85. The molecule has 1 aliphatic heterocycles. The number of carboxylic acid groups (broad SMARTS) is 1. The molecule has 1 fully saturated rings. The number of nitrogen functional groups attached to an aromatic ring is 1. The number of aromatic nitrogens is 2. The van der Waals surface area contributed by atoms with Crippen LogP contribution in [0.25, 0.3) is 16.0 Å². The summed E-state index contributed by atoms with van der Waals surface area (Å²) in [6, 6.07) is 15.7. The second kappa shape index (κ2) is 12.7. The SMILES string of the molecule is [C-]#[N+]c1c(N)nc(SCc2csc(Nc3ccc(C(=O)O)cc3)n2)c(C#N)c1-c1ccc(OCC2COC(C)(C)O2)cc1. The molecular formula is C30H26N6O5S2. The molecule has 0 spiro atoms. The van der Waals surface area contributed by atoms with Gasteiger partial charge >= 0.3 is 5.97 Å². The molecule has 1 aliphatic rings. The Morgan fingerprint density at radius 1 is 1.28 bits per heavy atom. The van der Waals surface area contributed by atoms with Crippen molar-refractivity contribution in [1.29, 1.82) is 5.26 Å². The van der Waals surface area contributed by atoms with Crippen molar-refractivity contribution >= 4 is 51.4 Å². The molecule has 0 amide bonds. The fraction of sp³-hybridized carbons (Fsp3) is 0.233. The van der Waals surface area contributed by atoms with Crippen LogP contribution in [-0.4, -0.2) is 46.1 Å². The van der Waals surface area contributed by atoms with Crippen LogP contribution in [0.15, 0.2) is 58.9 Å². The number of hydrogen-bond donors (Lipinski definition) is 3. The Bertz CT molecular complexity index is 1730. The lowest BCUT2D eigenvalue weighted by atomic mass is 10.00. The number of hydrogen-bond acceptors (Lipinski definition) is 11. The van der Waals surface area contributed by atoms with E-state index >= 15 is 0 Å². The first-order valence-corrected chi connectivity index (χ1v) is 14.9. The third-order valence-corrected chi connectivity index (χ3v) is 8.14. The minimum Gasteiger partial charge on any atom is -0.491 e. The topological polar surface area (TPSA) is 157 Å². The summed E-state index contributed by atoms with van der Waals surface area (Å²) in [5, 5.41) is 25.3. The second-order valence-corrected chi connectivity index (χ2v) is 11.7. The van der Waals surface area contributed by atoms with E-state index in [1.54, 1.807) is 36.4 Å². The number of benzene rings is 2. The number of aromatic carboxylic acids is 1. The molecule has 0 radical (unpaired) electrons. The van der Waals surface area contributed by atoms with Crippen LogP contribution < -0.4 is 15.8 Å². The molecule has 5 rings (SSSR count). The fourth-order valence-corrected chi connectivity index (χ4v) is 6.04. The van der Waals surface area contributed by atoms with Crippen LogP contribution in [-0.2, 0) is 15.2 Å². The van der Waals surface area contributed by atoms with E-state index in [-0.39, 0.29) is 28.7 Å². The molecule has 2 aromatic carbocycles. The molecule has 1 saturated heterocycles. The van der Waals surface area contributed by atoms with Crippen molar-refractivity contribution in [2.24, 2.45) is 0 Å². The Morgan fingerprint density at radius 3 is 2.65 bits per heavy atom. The molecule has 218 valence electrons. The first-order chi connectivity index (χ1) is 20.7. The monoisotopic (exact) mass is 614 g/mol. The van der Waals surface area contributed by atoms with E-state index in [0.717, 1.165) is 5.69 Å². The van der Waals surface area contributed by atoms with Crippen LogP contribution in [0.1, 0.15) is 35.5 Å². The van der Waals surface area contributed by atoms with Gasteiger partial charge in [-0.15, -0.1) is 11.3 Å². The van der Waals surface area contributed by atoms with Crippen LogP contribution in [0.5, 0.6) is 5.75 Å². The maximum Gasteiger partial charge on any atom is 0.335 e. The number of nitrogens with one attached hydrogen (secondary N) is 1. The van der Waals surface area contributed by atoms with E-state index in [1.807, 2.05) is 19.2 Å². The zero-order valence-corrected chi connectivity index (χ0v) is 24.8. The average Bonchev–Trinajstić information content (AvgIpc) is 3.59. The van der Waals surface area contributed by atoms with Crippen molar-refractivity contribution in [3.05, 3.63) is 82.1 Å². The van der Waals surface area contributed by atoms with Gasteiger partial charge in [-0.3, -0.25) is 0 Å². The molecule has 13 heteroatoms. The van der Waals surface area contributed by atoms with E-state index in [1.165, 1.54) is 35.2 Å². The molecule has 4 N–H and O–H groups in total. The molecule has 4 aromatic rings. The number of anilines is 3. The van der Waals surface area contributed by atoms with Crippen molar-refractivity contribution < 1.29 is 24.1 Å². The summed E-state index contributed by atoms with van der Waals surface area (Å²) in [4.78, 5) is 23.6. The van der Waals surface area contributed by atoms with Crippen LogP contribution in [0, 0.1) is 17.9 Å². The lowest BCUT2D eigenvalue weighted by Crippen LogP contribution is -2.25. The number of thioether (sulfide) groups is 1. The standard InChI is InChI=1S/C30H26N6O5S2/c1-30(2)40-14-22(41-30)13-39-21-10-6-17(7-11-21)24-23(12-31)27(36-26(32)25(24)33-3)42-15-20-16-43-29(35-20)34-19-8-4-18(5-9-19)28(37)38/h4-11,16,22H,13-15H2,1-2H3,(H2,32,36)(H,34,35)(H,37,38). The van der Waals surface area contributed by atoms with Gasteiger partial charge in [-0.05, 0) is 55.8 Å². The molecule has 0 saturated carbocycles. The van der Waals surface area contributed by atoms with Gasteiger partial charge in [-0.2, -0.15) is 5.26 Å². The van der Waals surface area contributed by atoms with Gasteiger partial charge in [0.15, 0.2) is 10.9 Å². The Kier molecular flexibility index (Phi) is 8.80. The van der Waals surface area contributed by atoms with Gasteiger partial charge in [0.1, 0.15) is 35.4 Å². The van der Waals surface area contributed by atoms with Gasteiger partial charge in [-0.1, -0.05) is 23.9 Å². The van der Waals surface area contributed by atoms with E-state index < -0.39 is 11.8 Å². The normalized spacial score (nSPS) is 15.4. The minimum absolute atomic E-state index is 0.0401. The number of ether oxygens (including phenoxy) is 3. The summed E-state index contributed by atoms with van der Waals surface area (Å²) in [7, 11) is 0. The highest BCUT2D eigenvalue weighted by Gasteiger charge is 2.33. The first-order valence-electron chi connectivity index (χ1n) is 13.0. The third kappa shape index (κ3) is 7.05. The number of pyridine rings is 1. The number of carbonyl (C=O) groups is 1. The Hall–Kier alpha value is -4.66. The highest BCUT2D eigenvalue weighted by atomic mass is 32.2. The zero-order chi connectivity index (χ0) is 30.6. The van der Waals surface area contributed by atoms with Gasteiger partial charge in [0, 0.05) is 22.4 Å². The molecule has 3 heterocycles. The summed E-state index contributed by atoms with van der Waals surface area (Å²) >= 11 is 2.69. The molecule has 2 aromatic heterocycles. The van der Waals surface area contributed by atoms with Crippen molar-refractivity contribution in [2.75, 3.05) is 24.3 Å². The smallest absolute Gasteiger partial charge is 0.335 e. The quantitative estimate of drug-likeness (QED) is 0.133. The predicted molar refractivity (Wildman–Crippen MR) is 164 cm³/mol. The number of nitrogens with zero attached hydrogens (tertiary/aromatic N) is 4. The highest BCUT2D eigenvalue weighted by Crippen LogP contribution is 2.42. The molecular weight excluding hydrogens is 589 g/mol. The number of carboxylic acids is 1. The number of thiazole rings is 1. The molecule has 0 aliphatic carbocycles. The van der Waals surface area contributed by atoms with Gasteiger partial charge in [0.25, 0.3) is 0 Å². The summed E-state index contributed by atoms with van der Waals surface area (Å²) < 4.78 is 17.2. The lowest BCUT2D eigenvalue weighted by Gasteiger charge is -2.17. The maximum atomic E-state index is 11.1. The van der Waals surface area contributed by atoms with E-state index in [4.69, 9.17) is 31.6 Å². The Morgan fingerprint density at radius 2 is 2.02 bits per heavy atom. The fourth-order valence-electron chi connectivity index (χ4n) is 4.32. The molecule has 43 heavy (non-hydrogen) atoms. The van der Waals surface area contributed by atoms with Crippen LogP contribution in [0.4, 0.5) is 22.3 Å². The van der Waals surface area contributed by atoms with Gasteiger partial charge in [0.2, 0.25) is 5.69 Å². The van der Waals surface area contributed by atoms with Crippen LogP contribution in [0.2, 0.25) is 0 Å². The number of nitrogens with two attached hydrogens (primary N) is 1. The van der Waals surface area contributed by atoms with Crippen molar-refractivity contribution in [2.45, 2.75) is 36.5 Å². The predicted octanol–water partition coefficient (Wildman–Crippen LogP) is 6.47. The third-order valence-electron chi connectivity index (χ3n) is 6.33. The summed E-state index contributed by atoms with van der Waals surface area (Å²) in [5.74, 6) is -0.560. The first kappa shape index (κ1) is 29.8. The van der Waals surface area contributed by atoms with Crippen molar-refractivity contribution in [3.63, 3.8) is 0 Å². The zero-order valence-electron chi connectivity index (χ0n) is 23.2. The minimum atomic E-state index is -0.991. The van der Waals surface area contributed by atoms with Crippen molar-refractivity contribution in [3.8, 4) is 22.9 Å². The van der Waals surface area contributed by atoms with E-state index in [9.17, 15) is 10.1 Å². The van der Waals surface area contributed by atoms with Crippen molar-refractivity contribution in [1.82, 2.24) is 9.97 Å². The highest BCUT2D eigenvalue weighted by molar-refractivity contribution is 7.98. The molecule has 11 nitrogen and oxygen atoms in total. The largest absolute Gasteiger partial charge is 0.491 e. The Balaban J connectivity index is 1.30. The molecule has 0 bridgehead atoms.